The van der Waals surface area contributed by atoms with Gasteiger partial charge in [-0.1, -0.05) is 42.5 Å². The first-order valence-corrected chi connectivity index (χ1v) is 8.14. The molecule has 0 fully saturated rings. The van der Waals surface area contributed by atoms with Crippen LogP contribution in [0.2, 0.25) is 0 Å². The van der Waals surface area contributed by atoms with Gasteiger partial charge in [0.15, 0.2) is 0 Å². The predicted octanol–water partition coefficient (Wildman–Crippen LogP) is 2.80. The van der Waals surface area contributed by atoms with Crippen molar-refractivity contribution in [3.63, 3.8) is 0 Å². The first-order chi connectivity index (χ1) is 11.4. The van der Waals surface area contributed by atoms with Gasteiger partial charge in [-0.25, -0.2) is 4.98 Å². The van der Waals surface area contributed by atoms with Gasteiger partial charge < -0.3 is 15.0 Å². The Kier molecular flexibility index (Phi) is 5.40. The lowest BCUT2D eigenvalue weighted by molar-refractivity contribution is 0.133. The van der Waals surface area contributed by atoms with Crippen LogP contribution in [-0.4, -0.2) is 29.3 Å². The number of nitrogens with zero attached hydrogens (tertiary/aromatic N) is 2. The zero-order valence-electron chi connectivity index (χ0n) is 13.3. The van der Waals surface area contributed by atoms with Crippen LogP contribution in [0, 0.1) is 0 Å². The normalized spacial score (nSPS) is 11.2. The van der Waals surface area contributed by atoms with Crippen LogP contribution in [-0.2, 0) is 24.1 Å². The Hall–Kier alpha value is -2.17. The van der Waals surface area contributed by atoms with E-state index in [-0.39, 0.29) is 0 Å². The van der Waals surface area contributed by atoms with E-state index < -0.39 is 0 Å². The molecule has 3 aromatic rings. The second-order valence-electron chi connectivity index (χ2n) is 5.56. The van der Waals surface area contributed by atoms with Gasteiger partial charge in [0.1, 0.15) is 5.82 Å². The summed E-state index contributed by atoms with van der Waals surface area (Å²) < 4.78 is 7.82. The van der Waals surface area contributed by atoms with Gasteiger partial charge in [0.05, 0.1) is 24.2 Å². The molecule has 120 valence electrons. The van der Waals surface area contributed by atoms with Crippen molar-refractivity contribution in [1.82, 2.24) is 9.55 Å². The fraction of sp³-hybridized carbons (Fsp3) is 0.316. The molecule has 0 radical (unpaired) electrons. The average molecular weight is 309 g/mol. The second kappa shape index (κ2) is 7.90. The van der Waals surface area contributed by atoms with Crippen molar-refractivity contribution >= 4 is 11.0 Å². The first-order valence-electron chi connectivity index (χ1n) is 8.14. The van der Waals surface area contributed by atoms with Crippen LogP contribution < -0.4 is 5.73 Å². The first kappa shape index (κ1) is 15.7. The third-order valence-electron chi connectivity index (χ3n) is 3.94. The summed E-state index contributed by atoms with van der Waals surface area (Å²) in [4.78, 5) is 4.81. The van der Waals surface area contributed by atoms with E-state index in [4.69, 9.17) is 15.5 Å². The molecule has 1 aromatic heterocycles. The number of imidazole rings is 1. The molecule has 0 aliphatic carbocycles. The number of aromatic nitrogens is 2. The Morgan fingerprint density at radius 2 is 1.70 bits per heavy atom. The molecule has 0 aliphatic rings. The summed E-state index contributed by atoms with van der Waals surface area (Å²) in [6.07, 6.45) is 1.92. The van der Waals surface area contributed by atoms with Gasteiger partial charge in [-0.15, -0.1) is 0 Å². The minimum Gasteiger partial charge on any atom is -0.378 e. The van der Waals surface area contributed by atoms with Crippen LogP contribution in [0.25, 0.3) is 11.0 Å². The van der Waals surface area contributed by atoms with E-state index in [1.807, 2.05) is 12.1 Å². The SMILES string of the molecule is NCCOCCn1c(CCc2ccccc2)nc2ccccc21. The molecule has 1 heterocycles. The van der Waals surface area contributed by atoms with E-state index in [0.717, 1.165) is 30.7 Å². The number of hydrogen-bond acceptors (Lipinski definition) is 3. The maximum Gasteiger partial charge on any atom is 0.110 e. The molecule has 0 atom stereocenters. The standard InChI is InChI=1S/C19H23N3O/c20-12-14-23-15-13-22-18-9-5-4-8-17(18)21-19(22)11-10-16-6-2-1-3-7-16/h1-9H,10-15,20H2. The summed E-state index contributed by atoms with van der Waals surface area (Å²) in [6.45, 7) is 2.64. The topological polar surface area (TPSA) is 53.1 Å². The number of para-hydroxylation sites is 2. The third-order valence-corrected chi connectivity index (χ3v) is 3.94. The highest BCUT2D eigenvalue weighted by Crippen LogP contribution is 2.17. The zero-order chi connectivity index (χ0) is 15.9. The van der Waals surface area contributed by atoms with E-state index in [0.29, 0.717) is 19.8 Å². The largest absolute Gasteiger partial charge is 0.378 e. The molecule has 4 heteroatoms. The zero-order valence-corrected chi connectivity index (χ0v) is 13.3. The van der Waals surface area contributed by atoms with Crippen LogP contribution in [0.5, 0.6) is 0 Å². The predicted molar refractivity (Wildman–Crippen MR) is 93.5 cm³/mol. The van der Waals surface area contributed by atoms with E-state index in [1.54, 1.807) is 0 Å². The summed E-state index contributed by atoms with van der Waals surface area (Å²) in [7, 11) is 0. The minimum absolute atomic E-state index is 0.561. The average Bonchev–Trinajstić information content (AvgIpc) is 2.95. The van der Waals surface area contributed by atoms with Crippen LogP contribution in [0.4, 0.5) is 0 Å². The van der Waals surface area contributed by atoms with Crippen molar-refractivity contribution in [1.29, 1.82) is 0 Å². The number of aryl methyl sites for hydroxylation is 2. The fourth-order valence-electron chi connectivity index (χ4n) is 2.81. The molecule has 2 aromatic carbocycles. The van der Waals surface area contributed by atoms with Crippen molar-refractivity contribution in [2.45, 2.75) is 19.4 Å². The number of hydrogen-bond donors (Lipinski definition) is 1. The van der Waals surface area contributed by atoms with Crippen molar-refractivity contribution < 1.29 is 4.74 Å². The molecule has 0 spiro atoms. The van der Waals surface area contributed by atoms with Crippen molar-refractivity contribution in [3.05, 3.63) is 66.0 Å². The summed E-state index contributed by atoms with van der Waals surface area (Å²) in [5.74, 6) is 1.12. The number of nitrogens with two attached hydrogens (primary N) is 1. The number of fused-ring (bicyclic) bond motifs is 1. The Morgan fingerprint density at radius 1 is 0.913 bits per heavy atom. The fourth-order valence-corrected chi connectivity index (χ4v) is 2.81. The quantitative estimate of drug-likeness (QED) is 0.651. The lowest BCUT2D eigenvalue weighted by Crippen LogP contribution is -2.14. The third kappa shape index (κ3) is 3.97. The Morgan fingerprint density at radius 3 is 2.52 bits per heavy atom. The number of rotatable bonds is 8. The van der Waals surface area contributed by atoms with Crippen molar-refractivity contribution in [2.75, 3.05) is 19.8 Å². The summed E-state index contributed by atoms with van der Waals surface area (Å²) in [6, 6.07) is 18.8. The molecule has 0 aliphatic heterocycles. The maximum atomic E-state index is 5.55. The van der Waals surface area contributed by atoms with E-state index in [2.05, 4.69) is 47.0 Å². The molecule has 0 unspecified atom stereocenters. The lowest BCUT2D eigenvalue weighted by Gasteiger charge is -2.10. The summed E-state index contributed by atoms with van der Waals surface area (Å²) in [5, 5.41) is 0. The smallest absolute Gasteiger partial charge is 0.110 e. The molecular weight excluding hydrogens is 286 g/mol. The molecule has 3 rings (SSSR count). The van der Waals surface area contributed by atoms with E-state index in [9.17, 15) is 0 Å². The summed E-state index contributed by atoms with van der Waals surface area (Å²) in [5.41, 5.74) is 9.04. The molecule has 0 saturated carbocycles. The Bertz CT molecular complexity index is 737. The monoisotopic (exact) mass is 309 g/mol. The Labute approximate surface area is 136 Å². The summed E-state index contributed by atoms with van der Waals surface area (Å²) >= 11 is 0. The number of benzene rings is 2. The highest BCUT2D eigenvalue weighted by Gasteiger charge is 2.10. The van der Waals surface area contributed by atoms with E-state index >= 15 is 0 Å². The molecule has 0 saturated heterocycles. The van der Waals surface area contributed by atoms with Gasteiger partial charge >= 0.3 is 0 Å². The second-order valence-corrected chi connectivity index (χ2v) is 5.56. The highest BCUT2D eigenvalue weighted by molar-refractivity contribution is 5.75. The molecule has 4 nitrogen and oxygen atoms in total. The van der Waals surface area contributed by atoms with Gasteiger partial charge in [-0.05, 0) is 24.1 Å². The molecular formula is C19H23N3O. The molecule has 2 N–H and O–H groups in total. The molecule has 23 heavy (non-hydrogen) atoms. The minimum atomic E-state index is 0.561. The van der Waals surface area contributed by atoms with Crippen molar-refractivity contribution in [3.8, 4) is 0 Å². The molecule has 0 amide bonds. The number of ether oxygens (including phenoxy) is 1. The lowest BCUT2D eigenvalue weighted by atomic mass is 10.1. The maximum absolute atomic E-state index is 5.55. The van der Waals surface area contributed by atoms with Gasteiger partial charge in [-0.2, -0.15) is 0 Å². The highest BCUT2D eigenvalue weighted by atomic mass is 16.5. The Balaban J connectivity index is 1.77. The van der Waals surface area contributed by atoms with Gasteiger partial charge in [0.2, 0.25) is 0 Å². The van der Waals surface area contributed by atoms with E-state index in [1.165, 1.54) is 11.1 Å². The van der Waals surface area contributed by atoms with Gasteiger partial charge in [-0.3, -0.25) is 0 Å². The van der Waals surface area contributed by atoms with Crippen LogP contribution in [0.3, 0.4) is 0 Å². The van der Waals surface area contributed by atoms with Crippen LogP contribution in [0.1, 0.15) is 11.4 Å². The van der Waals surface area contributed by atoms with Crippen LogP contribution >= 0.6 is 0 Å². The van der Waals surface area contributed by atoms with Crippen molar-refractivity contribution in [2.24, 2.45) is 5.73 Å². The van der Waals surface area contributed by atoms with Gasteiger partial charge in [0, 0.05) is 19.5 Å². The molecule has 0 bridgehead atoms. The van der Waals surface area contributed by atoms with Crippen LogP contribution in [0.15, 0.2) is 54.6 Å². The van der Waals surface area contributed by atoms with Gasteiger partial charge in [0.25, 0.3) is 0 Å².